The molecule has 80 valence electrons. The first-order valence-electron chi connectivity index (χ1n) is 5.60. The van der Waals surface area contributed by atoms with Crippen molar-refractivity contribution >= 4 is 23.1 Å². The van der Waals surface area contributed by atoms with Gasteiger partial charge in [0.15, 0.2) is 0 Å². The second-order valence-electron chi connectivity index (χ2n) is 4.47. The van der Waals surface area contributed by atoms with Gasteiger partial charge >= 0.3 is 0 Å². The van der Waals surface area contributed by atoms with Gasteiger partial charge in [-0.25, -0.2) is 0 Å². The lowest BCUT2D eigenvalue weighted by atomic mass is 10.2. The molecule has 0 unspecified atom stereocenters. The van der Waals surface area contributed by atoms with Crippen LogP contribution in [-0.4, -0.2) is 18.8 Å². The minimum atomic E-state index is 0.886. The number of nitrogen functional groups attached to an aromatic ring is 1. The zero-order valence-electron chi connectivity index (χ0n) is 8.78. The van der Waals surface area contributed by atoms with E-state index < -0.39 is 0 Å². The summed E-state index contributed by atoms with van der Waals surface area (Å²) in [6.45, 7) is 2.41. The lowest BCUT2D eigenvalue weighted by molar-refractivity contribution is 0.734. The highest BCUT2D eigenvalue weighted by Crippen LogP contribution is 2.39. The number of nitrogens with two attached hydrogens (primary N) is 1. The number of rotatable bonds is 2. The lowest BCUT2D eigenvalue weighted by Gasteiger charge is -2.31. The van der Waals surface area contributed by atoms with Crippen molar-refractivity contribution < 1.29 is 0 Å². The SMILES string of the molecule is Nc1ccc2c(c1)N(CC1CC1)CCS2. The van der Waals surface area contributed by atoms with Crippen LogP contribution in [0.2, 0.25) is 0 Å². The Morgan fingerprint density at radius 2 is 2.27 bits per heavy atom. The van der Waals surface area contributed by atoms with E-state index in [4.69, 9.17) is 5.73 Å². The second-order valence-corrected chi connectivity index (χ2v) is 5.60. The van der Waals surface area contributed by atoms with Crippen LogP contribution in [0.1, 0.15) is 12.8 Å². The van der Waals surface area contributed by atoms with Crippen molar-refractivity contribution in [2.75, 3.05) is 29.5 Å². The van der Waals surface area contributed by atoms with Crippen LogP contribution in [0.25, 0.3) is 0 Å². The van der Waals surface area contributed by atoms with Gasteiger partial charge in [0, 0.05) is 29.4 Å². The van der Waals surface area contributed by atoms with E-state index >= 15 is 0 Å². The van der Waals surface area contributed by atoms with Crippen molar-refractivity contribution in [2.45, 2.75) is 17.7 Å². The fourth-order valence-electron chi connectivity index (χ4n) is 2.09. The number of thioether (sulfide) groups is 1. The van der Waals surface area contributed by atoms with E-state index in [1.54, 1.807) is 0 Å². The fraction of sp³-hybridized carbons (Fsp3) is 0.500. The third kappa shape index (κ3) is 1.93. The molecular formula is C12H16N2S. The van der Waals surface area contributed by atoms with Crippen LogP contribution in [0, 0.1) is 5.92 Å². The minimum absolute atomic E-state index is 0.886. The molecular weight excluding hydrogens is 204 g/mol. The average molecular weight is 220 g/mol. The van der Waals surface area contributed by atoms with Gasteiger partial charge in [0.1, 0.15) is 0 Å². The van der Waals surface area contributed by atoms with Crippen molar-refractivity contribution in [1.29, 1.82) is 0 Å². The van der Waals surface area contributed by atoms with Crippen molar-refractivity contribution in [3.63, 3.8) is 0 Å². The highest BCUT2D eigenvalue weighted by atomic mass is 32.2. The topological polar surface area (TPSA) is 29.3 Å². The molecule has 0 aromatic heterocycles. The van der Waals surface area contributed by atoms with Gasteiger partial charge in [-0.1, -0.05) is 0 Å². The number of hydrogen-bond donors (Lipinski definition) is 1. The molecule has 0 atom stereocenters. The summed E-state index contributed by atoms with van der Waals surface area (Å²) >= 11 is 1.95. The molecule has 0 spiro atoms. The smallest absolute Gasteiger partial charge is 0.0525 e. The molecule has 1 fully saturated rings. The van der Waals surface area contributed by atoms with E-state index in [1.165, 1.54) is 42.3 Å². The summed E-state index contributed by atoms with van der Waals surface area (Å²) in [5, 5.41) is 0. The van der Waals surface area contributed by atoms with Crippen molar-refractivity contribution in [3.05, 3.63) is 18.2 Å². The highest BCUT2D eigenvalue weighted by molar-refractivity contribution is 7.99. The van der Waals surface area contributed by atoms with Crippen molar-refractivity contribution in [1.82, 2.24) is 0 Å². The van der Waals surface area contributed by atoms with Crippen LogP contribution >= 0.6 is 11.8 Å². The third-order valence-electron chi connectivity index (χ3n) is 3.12. The lowest BCUT2D eigenvalue weighted by Crippen LogP contribution is -2.31. The molecule has 3 heteroatoms. The first kappa shape index (κ1) is 9.40. The molecule has 1 saturated carbocycles. The van der Waals surface area contributed by atoms with Crippen LogP contribution in [0.5, 0.6) is 0 Å². The number of benzene rings is 1. The average Bonchev–Trinajstić information content (AvgIpc) is 3.03. The summed E-state index contributed by atoms with van der Waals surface area (Å²) in [6.07, 6.45) is 2.84. The van der Waals surface area contributed by atoms with Crippen LogP contribution in [0.4, 0.5) is 11.4 Å². The monoisotopic (exact) mass is 220 g/mol. The molecule has 2 N–H and O–H groups in total. The van der Waals surface area contributed by atoms with Gasteiger partial charge in [0.05, 0.1) is 5.69 Å². The van der Waals surface area contributed by atoms with E-state index in [2.05, 4.69) is 17.0 Å². The Balaban J connectivity index is 1.89. The Hall–Kier alpha value is -0.830. The molecule has 0 radical (unpaired) electrons. The number of hydrogen-bond acceptors (Lipinski definition) is 3. The van der Waals surface area contributed by atoms with Gasteiger partial charge in [0.25, 0.3) is 0 Å². The molecule has 0 amide bonds. The third-order valence-corrected chi connectivity index (χ3v) is 4.16. The molecule has 15 heavy (non-hydrogen) atoms. The fourth-order valence-corrected chi connectivity index (χ4v) is 3.12. The highest BCUT2D eigenvalue weighted by Gasteiger charge is 2.26. The minimum Gasteiger partial charge on any atom is -0.399 e. The summed E-state index contributed by atoms with van der Waals surface area (Å²) in [5.41, 5.74) is 8.10. The quantitative estimate of drug-likeness (QED) is 0.777. The maximum Gasteiger partial charge on any atom is 0.0525 e. The summed E-state index contributed by atoms with van der Waals surface area (Å²) in [4.78, 5) is 3.91. The molecule has 1 aliphatic carbocycles. The maximum atomic E-state index is 5.85. The van der Waals surface area contributed by atoms with E-state index in [-0.39, 0.29) is 0 Å². The number of anilines is 2. The van der Waals surface area contributed by atoms with Gasteiger partial charge in [-0.2, -0.15) is 0 Å². The molecule has 3 rings (SSSR count). The predicted molar refractivity (Wildman–Crippen MR) is 66.5 cm³/mol. The van der Waals surface area contributed by atoms with Crippen LogP contribution < -0.4 is 10.6 Å². The molecule has 1 heterocycles. The summed E-state index contributed by atoms with van der Waals surface area (Å²) in [7, 11) is 0. The molecule has 2 aliphatic rings. The summed E-state index contributed by atoms with van der Waals surface area (Å²) in [5.74, 6) is 2.16. The van der Waals surface area contributed by atoms with Gasteiger partial charge in [-0.15, -0.1) is 11.8 Å². The summed E-state index contributed by atoms with van der Waals surface area (Å²) < 4.78 is 0. The molecule has 0 saturated heterocycles. The molecule has 2 nitrogen and oxygen atoms in total. The molecule has 1 aromatic carbocycles. The maximum absolute atomic E-state index is 5.85. The molecule has 0 bridgehead atoms. The predicted octanol–water partition coefficient (Wildman–Crippen LogP) is 2.59. The Kier molecular flexibility index (Phi) is 2.28. The Morgan fingerprint density at radius 1 is 1.40 bits per heavy atom. The van der Waals surface area contributed by atoms with Crippen LogP contribution in [0.3, 0.4) is 0 Å². The Morgan fingerprint density at radius 3 is 3.07 bits per heavy atom. The van der Waals surface area contributed by atoms with Crippen LogP contribution in [0.15, 0.2) is 23.1 Å². The van der Waals surface area contributed by atoms with Crippen molar-refractivity contribution in [3.8, 4) is 0 Å². The first-order valence-corrected chi connectivity index (χ1v) is 6.59. The van der Waals surface area contributed by atoms with Gasteiger partial charge in [0.2, 0.25) is 0 Å². The zero-order chi connectivity index (χ0) is 10.3. The second kappa shape index (κ2) is 3.63. The van der Waals surface area contributed by atoms with Gasteiger partial charge < -0.3 is 10.6 Å². The van der Waals surface area contributed by atoms with Gasteiger partial charge in [-0.3, -0.25) is 0 Å². The standard InChI is InChI=1S/C12H16N2S/c13-10-3-4-12-11(7-10)14(5-6-15-12)8-9-1-2-9/h3-4,7,9H,1-2,5-6,8,13H2. The van der Waals surface area contributed by atoms with E-state index in [0.717, 1.165) is 11.6 Å². The van der Waals surface area contributed by atoms with E-state index in [9.17, 15) is 0 Å². The largest absolute Gasteiger partial charge is 0.399 e. The number of fused-ring (bicyclic) bond motifs is 1. The zero-order valence-corrected chi connectivity index (χ0v) is 9.59. The first-order chi connectivity index (χ1) is 7.33. The van der Waals surface area contributed by atoms with Crippen LogP contribution in [-0.2, 0) is 0 Å². The normalized spacial score (nSPS) is 20.1. The summed E-state index contributed by atoms with van der Waals surface area (Å²) in [6, 6.07) is 6.30. The molecule has 1 aliphatic heterocycles. The Labute approximate surface area is 94.8 Å². The van der Waals surface area contributed by atoms with E-state index in [0.29, 0.717) is 0 Å². The Bertz CT molecular complexity index is 374. The van der Waals surface area contributed by atoms with Gasteiger partial charge in [-0.05, 0) is 37.0 Å². The van der Waals surface area contributed by atoms with E-state index in [1.807, 2.05) is 17.8 Å². The number of nitrogens with zero attached hydrogens (tertiary/aromatic N) is 1. The van der Waals surface area contributed by atoms with Crippen molar-refractivity contribution in [2.24, 2.45) is 5.92 Å². The molecule has 1 aromatic rings.